The number of ether oxygens (including phenoxy) is 1. The van der Waals surface area contributed by atoms with Crippen LogP contribution in [0.5, 0.6) is 5.75 Å². The Labute approximate surface area is 109 Å². The average molecular weight is 250 g/mol. The Morgan fingerprint density at radius 3 is 2.83 bits per heavy atom. The van der Waals surface area contributed by atoms with Gasteiger partial charge in [0.1, 0.15) is 5.75 Å². The first-order chi connectivity index (χ1) is 8.52. The molecular formula is C14H22N2O2. The van der Waals surface area contributed by atoms with E-state index in [1.165, 1.54) is 0 Å². The first kappa shape index (κ1) is 14.5. The number of rotatable bonds is 6. The van der Waals surface area contributed by atoms with Gasteiger partial charge in [-0.05, 0) is 43.5 Å². The Kier molecular flexibility index (Phi) is 5.65. The van der Waals surface area contributed by atoms with Crippen LogP contribution in [-0.2, 0) is 4.79 Å². The van der Waals surface area contributed by atoms with E-state index in [0.717, 1.165) is 16.9 Å². The zero-order valence-electron chi connectivity index (χ0n) is 11.3. The molecule has 3 N–H and O–H groups in total. The highest BCUT2D eigenvalue weighted by molar-refractivity contribution is 5.77. The molecule has 0 saturated carbocycles. The Hall–Kier alpha value is -1.55. The smallest absolute Gasteiger partial charge is 0.257 e. The Bertz CT molecular complexity index is 405. The molecular weight excluding hydrogens is 228 g/mol. The van der Waals surface area contributed by atoms with Gasteiger partial charge in [-0.1, -0.05) is 19.1 Å². The lowest BCUT2D eigenvalue weighted by Gasteiger charge is -2.12. The van der Waals surface area contributed by atoms with E-state index < -0.39 is 0 Å². The standard InChI is InChI=1S/C14H22N2O2/c1-10-4-5-12(3)13(6-10)18-9-14(17)16-8-11(2)7-15/h4-6,11H,7-9,15H2,1-3H3,(H,16,17). The number of nitrogens with one attached hydrogen (secondary N) is 1. The number of hydrogen-bond acceptors (Lipinski definition) is 3. The van der Waals surface area contributed by atoms with Crippen molar-refractivity contribution in [1.29, 1.82) is 0 Å². The van der Waals surface area contributed by atoms with Gasteiger partial charge in [-0.3, -0.25) is 4.79 Å². The van der Waals surface area contributed by atoms with Crippen molar-refractivity contribution in [2.24, 2.45) is 11.7 Å². The normalized spacial score (nSPS) is 12.0. The van der Waals surface area contributed by atoms with Crippen LogP contribution in [0.4, 0.5) is 0 Å². The fourth-order valence-electron chi connectivity index (χ4n) is 1.43. The third-order valence-electron chi connectivity index (χ3n) is 2.75. The van der Waals surface area contributed by atoms with Crippen molar-refractivity contribution >= 4 is 5.91 Å². The van der Waals surface area contributed by atoms with E-state index in [1.807, 2.05) is 39.0 Å². The lowest BCUT2D eigenvalue weighted by molar-refractivity contribution is -0.123. The molecule has 1 atom stereocenters. The molecule has 0 heterocycles. The lowest BCUT2D eigenvalue weighted by atomic mass is 10.1. The van der Waals surface area contributed by atoms with Gasteiger partial charge in [-0.2, -0.15) is 0 Å². The van der Waals surface area contributed by atoms with Gasteiger partial charge in [0.2, 0.25) is 0 Å². The first-order valence-electron chi connectivity index (χ1n) is 6.19. The quantitative estimate of drug-likeness (QED) is 0.802. The zero-order valence-corrected chi connectivity index (χ0v) is 11.3. The van der Waals surface area contributed by atoms with Crippen LogP contribution < -0.4 is 15.8 Å². The molecule has 0 spiro atoms. The topological polar surface area (TPSA) is 64.3 Å². The summed E-state index contributed by atoms with van der Waals surface area (Å²) in [5.74, 6) is 0.933. The van der Waals surface area contributed by atoms with E-state index in [4.69, 9.17) is 10.5 Å². The molecule has 0 radical (unpaired) electrons. The summed E-state index contributed by atoms with van der Waals surface area (Å²) in [5, 5.41) is 2.79. The summed E-state index contributed by atoms with van der Waals surface area (Å²) in [6, 6.07) is 5.94. The van der Waals surface area contributed by atoms with Crippen LogP contribution in [0, 0.1) is 19.8 Å². The van der Waals surface area contributed by atoms with Crippen LogP contribution in [0.1, 0.15) is 18.1 Å². The highest BCUT2D eigenvalue weighted by Gasteiger charge is 2.06. The average Bonchev–Trinajstić information content (AvgIpc) is 2.36. The lowest BCUT2D eigenvalue weighted by Crippen LogP contribution is -2.34. The Morgan fingerprint density at radius 1 is 1.44 bits per heavy atom. The zero-order chi connectivity index (χ0) is 13.5. The van der Waals surface area contributed by atoms with Crippen molar-refractivity contribution in [2.45, 2.75) is 20.8 Å². The number of hydrogen-bond donors (Lipinski definition) is 2. The van der Waals surface area contributed by atoms with Crippen molar-refractivity contribution < 1.29 is 9.53 Å². The number of nitrogens with two attached hydrogens (primary N) is 1. The highest BCUT2D eigenvalue weighted by atomic mass is 16.5. The molecule has 1 rings (SSSR count). The monoisotopic (exact) mass is 250 g/mol. The molecule has 0 bridgehead atoms. The molecule has 4 nitrogen and oxygen atoms in total. The molecule has 4 heteroatoms. The van der Waals surface area contributed by atoms with Crippen LogP contribution in [0.2, 0.25) is 0 Å². The molecule has 1 unspecified atom stereocenters. The summed E-state index contributed by atoms with van der Waals surface area (Å²) < 4.78 is 5.50. The molecule has 1 amide bonds. The van der Waals surface area contributed by atoms with Gasteiger partial charge in [0.15, 0.2) is 6.61 Å². The molecule has 0 saturated heterocycles. The molecule has 1 aromatic carbocycles. The predicted octanol–water partition coefficient (Wildman–Crippen LogP) is 1.39. The minimum Gasteiger partial charge on any atom is -0.483 e. The van der Waals surface area contributed by atoms with Crippen molar-refractivity contribution in [1.82, 2.24) is 5.32 Å². The van der Waals surface area contributed by atoms with Gasteiger partial charge >= 0.3 is 0 Å². The van der Waals surface area contributed by atoms with Crippen molar-refractivity contribution in [2.75, 3.05) is 19.7 Å². The third kappa shape index (κ3) is 4.75. The van der Waals surface area contributed by atoms with Gasteiger partial charge in [0, 0.05) is 6.54 Å². The van der Waals surface area contributed by atoms with Crippen LogP contribution in [0.15, 0.2) is 18.2 Å². The molecule has 0 aromatic heterocycles. The molecule has 0 aliphatic carbocycles. The van der Waals surface area contributed by atoms with E-state index >= 15 is 0 Å². The Morgan fingerprint density at radius 2 is 2.17 bits per heavy atom. The number of amides is 1. The van der Waals surface area contributed by atoms with Gasteiger partial charge < -0.3 is 15.8 Å². The maximum absolute atomic E-state index is 11.6. The van der Waals surface area contributed by atoms with Crippen LogP contribution >= 0.6 is 0 Å². The fraction of sp³-hybridized carbons (Fsp3) is 0.500. The van der Waals surface area contributed by atoms with E-state index in [0.29, 0.717) is 13.1 Å². The minimum atomic E-state index is -0.115. The third-order valence-corrected chi connectivity index (χ3v) is 2.75. The second-order valence-corrected chi connectivity index (χ2v) is 4.70. The number of carbonyl (C=O) groups is 1. The maximum Gasteiger partial charge on any atom is 0.257 e. The SMILES string of the molecule is Cc1ccc(C)c(OCC(=O)NCC(C)CN)c1. The van der Waals surface area contributed by atoms with Gasteiger partial charge in [-0.15, -0.1) is 0 Å². The van der Waals surface area contributed by atoms with Crippen LogP contribution in [0.25, 0.3) is 0 Å². The van der Waals surface area contributed by atoms with Crippen molar-refractivity contribution in [3.05, 3.63) is 29.3 Å². The maximum atomic E-state index is 11.6. The van der Waals surface area contributed by atoms with E-state index in [2.05, 4.69) is 5.32 Å². The van der Waals surface area contributed by atoms with E-state index in [-0.39, 0.29) is 18.4 Å². The van der Waals surface area contributed by atoms with E-state index in [1.54, 1.807) is 0 Å². The van der Waals surface area contributed by atoms with E-state index in [9.17, 15) is 4.79 Å². The Balaban J connectivity index is 2.40. The van der Waals surface area contributed by atoms with Crippen molar-refractivity contribution in [3.8, 4) is 5.75 Å². The van der Waals surface area contributed by atoms with Crippen LogP contribution in [0.3, 0.4) is 0 Å². The molecule has 0 fully saturated rings. The molecule has 1 aromatic rings. The first-order valence-corrected chi connectivity index (χ1v) is 6.19. The summed E-state index contributed by atoms with van der Waals surface area (Å²) in [5.41, 5.74) is 7.63. The van der Waals surface area contributed by atoms with Gasteiger partial charge in [0.05, 0.1) is 0 Å². The number of carbonyl (C=O) groups excluding carboxylic acids is 1. The largest absolute Gasteiger partial charge is 0.483 e. The van der Waals surface area contributed by atoms with Gasteiger partial charge in [-0.25, -0.2) is 0 Å². The summed E-state index contributed by atoms with van der Waals surface area (Å²) >= 11 is 0. The van der Waals surface area contributed by atoms with Gasteiger partial charge in [0.25, 0.3) is 5.91 Å². The molecule has 18 heavy (non-hydrogen) atoms. The molecule has 100 valence electrons. The summed E-state index contributed by atoms with van der Waals surface area (Å²) in [4.78, 5) is 11.6. The second kappa shape index (κ2) is 7.01. The minimum absolute atomic E-state index is 0.0432. The number of aryl methyl sites for hydroxylation is 2. The highest BCUT2D eigenvalue weighted by Crippen LogP contribution is 2.18. The number of benzene rings is 1. The summed E-state index contributed by atoms with van der Waals surface area (Å²) in [6.07, 6.45) is 0. The summed E-state index contributed by atoms with van der Waals surface area (Å²) in [6.45, 7) is 7.15. The molecule has 0 aliphatic heterocycles. The molecule has 0 aliphatic rings. The summed E-state index contributed by atoms with van der Waals surface area (Å²) in [7, 11) is 0. The second-order valence-electron chi connectivity index (χ2n) is 4.70. The van der Waals surface area contributed by atoms with Crippen LogP contribution in [-0.4, -0.2) is 25.6 Å². The predicted molar refractivity (Wildman–Crippen MR) is 72.6 cm³/mol. The van der Waals surface area contributed by atoms with Crippen molar-refractivity contribution in [3.63, 3.8) is 0 Å². The fourth-order valence-corrected chi connectivity index (χ4v) is 1.43.